The van der Waals surface area contributed by atoms with Gasteiger partial charge in [-0.1, -0.05) is 18.2 Å². The van der Waals surface area contributed by atoms with E-state index in [1.165, 1.54) is 6.92 Å². The number of aryl methyl sites for hydroxylation is 1. The van der Waals surface area contributed by atoms with Gasteiger partial charge in [0.25, 0.3) is 5.91 Å². The van der Waals surface area contributed by atoms with Gasteiger partial charge >= 0.3 is 5.97 Å². The van der Waals surface area contributed by atoms with E-state index in [0.29, 0.717) is 34.1 Å². The topological polar surface area (TPSA) is 91.7 Å². The molecule has 1 amide bonds. The number of aromatic nitrogens is 2. The van der Waals surface area contributed by atoms with Crippen molar-refractivity contribution < 1.29 is 23.8 Å². The first-order valence-corrected chi connectivity index (χ1v) is 9.47. The molecular weight excluding hydrogens is 386 g/mol. The second-order valence-electron chi connectivity index (χ2n) is 6.90. The molecule has 30 heavy (non-hydrogen) atoms. The van der Waals surface area contributed by atoms with Gasteiger partial charge in [0.1, 0.15) is 5.56 Å². The molecule has 3 aromatic rings. The second-order valence-corrected chi connectivity index (χ2v) is 6.90. The molecule has 8 nitrogen and oxygen atoms in total. The number of carbonyl (C=O) groups excluding carboxylic acids is 2. The summed E-state index contributed by atoms with van der Waals surface area (Å²) in [6.07, 6.45) is -0.998. The van der Waals surface area contributed by atoms with Gasteiger partial charge in [0.15, 0.2) is 17.6 Å². The number of para-hydroxylation sites is 1. The molecule has 1 aliphatic rings. The molecule has 0 bridgehead atoms. The van der Waals surface area contributed by atoms with E-state index in [-0.39, 0.29) is 6.79 Å². The summed E-state index contributed by atoms with van der Waals surface area (Å²) in [5.74, 6) is 0.124. The van der Waals surface area contributed by atoms with Crippen molar-refractivity contribution in [3.63, 3.8) is 0 Å². The van der Waals surface area contributed by atoms with Crippen LogP contribution in [0.5, 0.6) is 11.5 Å². The van der Waals surface area contributed by atoms with Crippen LogP contribution in [0.2, 0.25) is 0 Å². The number of nitrogens with one attached hydrogen (secondary N) is 1. The predicted octanol–water partition coefficient (Wildman–Crippen LogP) is 3.40. The molecule has 1 N–H and O–H groups in total. The van der Waals surface area contributed by atoms with E-state index in [0.717, 1.165) is 5.69 Å². The highest BCUT2D eigenvalue weighted by Crippen LogP contribution is 2.34. The number of esters is 1. The Hall–Kier alpha value is -3.81. The lowest BCUT2D eigenvalue weighted by Gasteiger charge is -2.14. The number of rotatable bonds is 5. The number of ether oxygens (including phenoxy) is 3. The van der Waals surface area contributed by atoms with Crippen LogP contribution >= 0.6 is 0 Å². The molecule has 0 fully saturated rings. The molecule has 2 aromatic carbocycles. The SMILES string of the molecule is Cc1nn(-c2ccccc2)c(C)c1C(=O)OC(C)C(=O)Nc1ccc2c(c1)OCO2. The monoisotopic (exact) mass is 407 g/mol. The number of amides is 1. The zero-order chi connectivity index (χ0) is 21.3. The second kappa shape index (κ2) is 7.90. The lowest BCUT2D eigenvalue weighted by Crippen LogP contribution is -2.30. The molecular formula is C22H21N3O5. The number of anilines is 1. The smallest absolute Gasteiger partial charge is 0.342 e. The Balaban J connectivity index is 1.46. The Morgan fingerprint density at radius 3 is 2.60 bits per heavy atom. The number of carbonyl (C=O) groups is 2. The normalized spacial score (nSPS) is 13.0. The maximum Gasteiger partial charge on any atom is 0.342 e. The number of nitrogens with zero attached hydrogens (tertiary/aromatic N) is 2. The largest absolute Gasteiger partial charge is 0.454 e. The number of benzene rings is 2. The van der Waals surface area contributed by atoms with E-state index in [4.69, 9.17) is 14.2 Å². The van der Waals surface area contributed by atoms with Crippen LogP contribution in [0.3, 0.4) is 0 Å². The van der Waals surface area contributed by atoms with Gasteiger partial charge in [-0.05, 0) is 45.0 Å². The van der Waals surface area contributed by atoms with E-state index in [1.54, 1.807) is 36.7 Å². The third-order valence-corrected chi connectivity index (χ3v) is 4.79. The summed E-state index contributed by atoms with van der Waals surface area (Å²) in [7, 11) is 0. The molecule has 0 radical (unpaired) electrons. The molecule has 4 rings (SSSR count). The summed E-state index contributed by atoms with van der Waals surface area (Å²) >= 11 is 0. The highest BCUT2D eigenvalue weighted by molar-refractivity contribution is 5.98. The molecule has 0 aliphatic carbocycles. The summed E-state index contributed by atoms with van der Waals surface area (Å²) in [6.45, 7) is 5.20. The van der Waals surface area contributed by atoms with Gasteiger partial charge in [-0.2, -0.15) is 5.10 Å². The molecule has 1 aromatic heterocycles. The highest BCUT2D eigenvalue weighted by atomic mass is 16.7. The quantitative estimate of drug-likeness (QED) is 0.652. The fourth-order valence-corrected chi connectivity index (χ4v) is 3.25. The van der Waals surface area contributed by atoms with Crippen molar-refractivity contribution in [3.05, 3.63) is 65.5 Å². The summed E-state index contributed by atoms with van der Waals surface area (Å²) in [4.78, 5) is 25.3. The third kappa shape index (κ3) is 3.71. The van der Waals surface area contributed by atoms with Crippen LogP contribution < -0.4 is 14.8 Å². The molecule has 0 spiro atoms. The van der Waals surface area contributed by atoms with Crippen LogP contribution in [-0.4, -0.2) is 34.6 Å². The van der Waals surface area contributed by atoms with Crippen molar-refractivity contribution >= 4 is 17.6 Å². The molecule has 8 heteroatoms. The maximum atomic E-state index is 12.8. The molecule has 154 valence electrons. The minimum atomic E-state index is -0.998. The van der Waals surface area contributed by atoms with Gasteiger partial charge in [0.05, 0.1) is 17.1 Å². The minimum Gasteiger partial charge on any atom is -0.454 e. The maximum absolute atomic E-state index is 12.8. The van der Waals surface area contributed by atoms with Crippen LogP contribution in [0.1, 0.15) is 28.7 Å². The predicted molar refractivity (Wildman–Crippen MR) is 109 cm³/mol. The fourth-order valence-electron chi connectivity index (χ4n) is 3.25. The molecule has 0 saturated heterocycles. The molecule has 0 saturated carbocycles. The third-order valence-electron chi connectivity index (χ3n) is 4.79. The first kappa shape index (κ1) is 19.5. The van der Waals surface area contributed by atoms with Crippen LogP contribution in [0.25, 0.3) is 5.69 Å². The number of hydrogen-bond acceptors (Lipinski definition) is 6. The van der Waals surface area contributed by atoms with Crippen LogP contribution in [0.15, 0.2) is 48.5 Å². The van der Waals surface area contributed by atoms with E-state index in [1.807, 2.05) is 30.3 Å². The Bertz CT molecular complexity index is 1110. The number of hydrogen-bond donors (Lipinski definition) is 1. The van der Waals surface area contributed by atoms with Crippen LogP contribution in [0, 0.1) is 13.8 Å². The molecule has 1 aliphatic heterocycles. The lowest BCUT2D eigenvalue weighted by molar-refractivity contribution is -0.123. The van der Waals surface area contributed by atoms with Crippen molar-refractivity contribution in [2.24, 2.45) is 0 Å². The zero-order valence-corrected chi connectivity index (χ0v) is 16.8. The Labute approximate surface area is 173 Å². The van der Waals surface area contributed by atoms with Gasteiger partial charge in [-0.3, -0.25) is 4.79 Å². The summed E-state index contributed by atoms with van der Waals surface area (Å²) in [5, 5.41) is 7.16. The van der Waals surface area contributed by atoms with Crippen molar-refractivity contribution in [2.45, 2.75) is 26.9 Å². The van der Waals surface area contributed by atoms with Crippen molar-refractivity contribution in [1.82, 2.24) is 9.78 Å². The highest BCUT2D eigenvalue weighted by Gasteiger charge is 2.25. The Morgan fingerprint density at radius 2 is 1.83 bits per heavy atom. The molecule has 2 heterocycles. The first-order chi connectivity index (χ1) is 14.4. The van der Waals surface area contributed by atoms with Gasteiger partial charge in [-0.25, -0.2) is 9.48 Å². The Morgan fingerprint density at radius 1 is 1.10 bits per heavy atom. The summed E-state index contributed by atoms with van der Waals surface area (Å²) in [6, 6.07) is 14.6. The van der Waals surface area contributed by atoms with Crippen LogP contribution in [-0.2, 0) is 9.53 Å². The molecule has 1 atom stereocenters. The summed E-state index contributed by atoms with van der Waals surface area (Å²) < 4.78 is 17.6. The summed E-state index contributed by atoms with van der Waals surface area (Å²) in [5.41, 5.74) is 2.89. The van der Waals surface area contributed by atoms with E-state index < -0.39 is 18.0 Å². The fraction of sp³-hybridized carbons (Fsp3) is 0.227. The van der Waals surface area contributed by atoms with Gasteiger partial charge < -0.3 is 19.5 Å². The first-order valence-electron chi connectivity index (χ1n) is 9.47. The van der Waals surface area contributed by atoms with E-state index in [2.05, 4.69) is 10.4 Å². The van der Waals surface area contributed by atoms with Crippen molar-refractivity contribution in [3.8, 4) is 17.2 Å². The van der Waals surface area contributed by atoms with Gasteiger partial charge in [0.2, 0.25) is 6.79 Å². The number of fused-ring (bicyclic) bond motifs is 1. The standard InChI is InChI=1S/C22H21N3O5/c1-13-20(14(2)25(24-13)17-7-5-4-6-8-17)22(27)30-15(3)21(26)23-16-9-10-18-19(11-16)29-12-28-18/h4-11,15H,12H2,1-3H3,(H,23,26). The van der Waals surface area contributed by atoms with Gasteiger partial charge in [-0.15, -0.1) is 0 Å². The van der Waals surface area contributed by atoms with Crippen molar-refractivity contribution in [1.29, 1.82) is 0 Å². The van der Waals surface area contributed by atoms with E-state index >= 15 is 0 Å². The van der Waals surface area contributed by atoms with Crippen LogP contribution in [0.4, 0.5) is 5.69 Å². The minimum absolute atomic E-state index is 0.149. The van der Waals surface area contributed by atoms with Crippen molar-refractivity contribution in [2.75, 3.05) is 12.1 Å². The lowest BCUT2D eigenvalue weighted by atomic mass is 10.2. The molecule has 1 unspecified atom stereocenters. The zero-order valence-electron chi connectivity index (χ0n) is 16.8. The van der Waals surface area contributed by atoms with Gasteiger partial charge in [0, 0.05) is 11.8 Å². The average Bonchev–Trinajstić information content (AvgIpc) is 3.31. The Kier molecular flexibility index (Phi) is 5.14. The average molecular weight is 407 g/mol. The van der Waals surface area contributed by atoms with E-state index in [9.17, 15) is 9.59 Å².